The van der Waals surface area contributed by atoms with Gasteiger partial charge >= 0.3 is 5.97 Å². The largest absolute Gasteiger partial charge is 0.462 e. The van der Waals surface area contributed by atoms with Gasteiger partial charge in [0.1, 0.15) is 11.9 Å². The molecule has 29 heavy (non-hydrogen) atoms. The third-order valence-electron chi connectivity index (χ3n) is 6.30. The van der Waals surface area contributed by atoms with Gasteiger partial charge in [0.2, 0.25) is 5.91 Å². The van der Waals surface area contributed by atoms with Gasteiger partial charge in [0.25, 0.3) is 5.91 Å². The van der Waals surface area contributed by atoms with E-state index in [9.17, 15) is 18.8 Å². The topological polar surface area (TPSA) is 84.5 Å². The van der Waals surface area contributed by atoms with Gasteiger partial charge in [-0.2, -0.15) is 0 Å². The van der Waals surface area contributed by atoms with E-state index in [1.54, 1.807) is 24.3 Å². The molecule has 0 spiro atoms. The number of fused-ring (bicyclic) bond motifs is 1. The number of esters is 1. The molecule has 1 saturated heterocycles. The van der Waals surface area contributed by atoms with Crippen molar-refractivity contribution in [2.24, 2.45) is 23.7 Å². The van der Waals surface area contributed by atoms with E-state index in [4.69, 9.17) is 4.74 Å². The number of halogens is 1. The first-order valence-electron chi connectivity index (χ1n) is 9.68. The molecule has 2 aliphatic carbocycles. The van der Waals surface area contributed by atoms with Crippen LogP contribution in [-0.2, 0) is 14.3 Å². The van der Waals surface area contributed by atoms with Gasteiger partial charge in [0.05, 0.1) is 11.8 Å². The van der Waals surface area contributed by atoms with Crippen molar-refractivity contribution in [3.05, 3.63) is 59.9 Å². The molecule has 0 unspecified atom stereocenters. The average molecular weight is 394 g/mol. The van der Waals surface area contributed by atoms with E-state index in [-0.39, 0.29) is 53.4 Å². The molecular formula is C22H19FN2O4. The number of benzene rings is 2. The second-order valence-electron chi connectivity index (χ2n) is 7.95. The van der Waals surface area contributed by atoms with E-state index in [0.717, 1.165) is 12.8 Å². The van der Waals surface area contributed by atoms with Crippen LogP contribution in [0.3, 0.4) is 0 Å². The van der Waals surface area contributed by atoms with E-state index in [1.165, 1.54) is 24.3 Å². The molecule has 2 N–H and O–H groups in total. The van der Waals surface area contributed by atoms with Crippen molar-refractivity contribution in [3.63, 3.8) is 0 Å². The van der Waals surface area contributed by atoms with Crippen LogP contribution in [0.15, 0.2) is 48.5 Å². The van der Waals surface area contributed by atoms with E-state index in [0.29, 0.717) is 16.9 Å². The molecule has 5 rings (SSSR count). The van der Waals surface area contributed by atoms with Gasteiger partial charge in [-0.1, -0.05) is 0 Å². The first kappa shape index (κ1) is 17.8. The fraction of sp³-hybridized carbons (Fsp3) is 0.318. The highest BCUT2D eigenvalue weighted by Crippen LogP contribution is 2.57. The Bertz CT molecular complexity index is 987. The lowest BCUT2D eigenvalue weighted by Crippen LogP contribution is -2.35. The van der Waals surface area contributed by atoms with Crippen molar-refractivity contribution in [1.29, 1.82) is 0 Å². The minimum atomic E-state index is -0.375. The molecule has 2 amide bonds. The molecule has 3 fully saturated rings. The molecule has 3 aliphatic rings. The molecule has 7 heteroatoms. The summed E-state index contributed by atoms with van der Waals surface area (Å²) in [6, 6.07) is 12.0. The number of amides is 2. The Morgan fingerprint density at radius 3 is 2.31 bits per heavy atom. The standard InChI is InChI=1S/C22H19FN2O4/c23-13-3-7-15(8-4-13)24-20(26)11-1-5-14(6-2-11)25-21(27)18-12-9-16-17(10-12)29-22(28)19(16)18/h1-8,12,16-19H,9-10H2,(H,24,26)(H,25,27)/t12-,16+,17+,18-,19+/m1/s1. The second kappa shape index (κ2) is 6.69. The Kier molecular flexibility index (Phi) is 4.12. The zero-order valence-electron chi connectivity index (χ0n) is 15.4. The third kappa shape index (κ3) is 3.06. The normalized spacial score (nSPS) is 28.9. The third-order valence-corrected chi connectivity index (χ3v) is 6.30. The number of rotatable bonds is 4. The summed E-state index contributed by atoms with van der Waals surface area (Å²) in [7, 11) is 0. The zero-order chi connectivity index (χ0) is 20.1. The molecule has 5 atom stereocenters. The van der Waals surface area contributed by atoms with Gasteiger partial charge in [-0.15, -0.1) is 0 Å². The maximum absolute atomic E-state index is 13.0. The molecule has 2 saturated carbocycles. The van der Waals surface area contributed by atoms with Crippen molar-refractivity contribution in [2.75, 3.05) is 10.6 Å². The van der Waals surface area contributed by atoms with Crippen LogP contribution < -0.4 is 10.6 Å². The fourth-order valence-electron chi connectivity index (χ4n) is 5.03. The monoisotopic (exact) mass is 394 g/mol. The van der Waals surface area contributed by atoms with Crippen LogP contribution in [-0.4, -0.2) is 23.9 Å². The van der Waals surface area contributed by atoms with Crippen LogP contribution in [0.5, 0.6) is 0 Å². The summed E-state index contributed by atoms with van der Waals surface area (Å²) in [6.07, 6.45) is 1.65. The fourth-order valence-corrected chi connectivity index (χ4v) is 5.03. The number of hydrogen-bond acceptors (Lipinski definition) is 4. The first-order valence-corrected chi connectivity index (χ1v) is 9.68. The predicted octanol–water partition coefficient (Wildman–Crippen LogP) is 3.21. The molecule has 1 heterocycles. The number of anilines is 2. The molecular weight excluding hydrogens is 375 g/mol. The lowest BCUT2D eigenvalue weighted by Gasteiger charge is -2.23. The van der Waals surface area contributed by atoms with E-state index in [1.807, 2.05) is 0 Å². The Morgan fingerprint density at radius 2 is 1.59 bits per heavy atom. The Hall–Kier alpha value is -3.22. The highest BCUT2D eigenvalue weighted by Gasteiger charge is 2.63. The number of ether oxygens (including phenoxy) is 1. The van der Waals surface area contributed by atoms with Crippen LogP contribution in [0.1, 0.15) is 23.2 Å². The van der Waals surface area contributed by atoms with Crippen LogP contribution in [0.25, 0.3) is 0 Å². The minimum Gasteiger partial charge on any atom is -0.462 e. The number of carbonyl (C=O) groups is 3. The van der Waals surface area contributed by atoms with Crippen molar-refractivity contribution in [3.8, 4) is 0 Å². The van der Waals surface area contributed by atoms with Crippen LogP contribution in [0.2, 0.25) is 0 Å². The SMILES string of the molecule is O=C(Nc1ccc(F)cc1)c1ccc(NC(=O)[C@@H]2[C@@H]3C[C@@H]4[C@@H]2C(=O)O[C@H]4C3)cc1. The summed E-state index contributed by atoms with van der Waals surface area (Å²) in [5.41, 5.74) is 1.47. The summed E-state index contributed by atoms with van der Waals surface area (Å²) >= 11 is 0. The summed E-state index contributed by atoms with van der Waals surface area (Å²) in [6.45, 7) is 0. The molecule has 2 aromatic rings. The first-order chi connectivity index (χ1) is 14.0. The Balaban J connectivity index is 1.24. The number of carbonyl (C=O) groups excluding carboxylic acids is 3. The highest BCUT2D eigenvalue weighted by molar-refractivity contribution is 6.04. The van der Waals surface area contributed by atoms with Crippen molar-refractivity contribution in [2.45, 2.75) is 18.9 Å². The lowest BCUT2D eigenvalue weighted by molar-refractivity contribution is -0.145. The van der Waals surface area contributed by atoms with Gasteiger partial charge in [-0.25, -0.2) is 4.39 Å². The number of hydrogen-bond donors (Lipinski definition) is 2. The molecule has 1 aliphatic heterocycles. The smallest absolute Gasteiger partial charge is 0.310 e. The minimum absolute atomic E-state index is 0.000420. The summed E-state index contributed by atoms with van der Waals surface area (Å²) < 4.78 is 18.3. The zero-order valence-corrected chi connectivity index (χ0v) is 15.4. The summed E-state index contributed by atoms with van der Waals surface area (Å²) in [4.78, 5) is 37.2. The lowest BCUT2D eigenvalue weighted by atomic mass is 9.79. The van der Waals surface area contributed by atoms with Crippen LogP contribution in [0.4, 0.5) is 15.8 Å². The molecule has 0 radical (unpaired) electrons. The Labute approximate surface area is 166 Å². The van der Waals surface area contributed by atoms with Crippen molar-refractivity contribution in [1.82, 2.24) is 0 Å². The summed E-state index contributed by atoms with van der Waals surface area (Å²) in [5, 5.41) is 5.56. The van der Waals surface area contributed by atoms with Gasteiger partial charge in [-0.05, 0) is 67.3 Å². The van der Waals surface area contributed by atoms with Gasteiger partial charge in [-0.3, -0.25) is 14.4 Å². The maximum atomic E-state index is 13.0. The quantitative estimate of drug-likeness (QED) is 0.780. The maximum Gasteiger partial charge on any atom is 0.310 e. The molecule has 2 bridgehead atoms. The number of nitrogens with one attached hydrogen (secondary N) is 2. The van der Waals surface area contributed by atoms with Gasteiger partial charge in [0, 0.05) is 22.9 Å². The predicted molar refractivity (Wildman–Crippen MR) is 102 cm³/mol. The highest BCUT2D eigenvalue weighted by atomic mass is 19.1. The van der Waals surface area contributed by atoms with Crippen molar-refractivity contribution >= 4 is 29.2 Å². The second-order valence-corrected chi connectivity index (χ2v) is 7.95. The van der Waals surface area contributed by atoms with E-state index in [2.05, 4.69) is 10.6 Å². The molecule has 148 valence electrons. The molecule has 2 aromatic carbocycles. The summed E-state index contributed by atoms with van der Waals surface area (Å²) in [5.74, 6) is -1.39. The van der Waals surface area contributed by atoms with E-state index < -0.39 is 0 Å². The Morgan fingerprint density at radius 1 is 0.931 bits per heavy atom. The van der Waals surface area contributed by atoms with Crippen LogP contribution >= 0.6 is 0 Å². The van der Waals surface area contributed by atoms with E-state index >= 15 is 0 Å². The average Bonchev–Trinajstić information content (AvgIpc) is 3.33. The van der Waals surface area contributed by atoms with Gasteiger partial charge < -0.3 is 15.4 Å². The molecule has 0 aromatic heterocycles. The van der Waals surface area contributed by atoms with Gasteiger partial charge in [0.15, 0.2) is 0 Å². The van der Waals surface area contributed by atoms with Crippen molar-refractivity contribution < 1.29 is 23.5 Å². The molecule has 6 nitrogen and oxygen atoms in total. The van der Waals surface area contributed by atoms with Crippen LogP contribution in [0, 0.1) is 29.5 Å².